The molecule has 2 unspecified atom stereocenters. The Kier molecular flexibility index (Phi) is 6.15. The van der Waals surface area contributed by atoms with Crippen LogP contribution in [0.1, 0.15) is 60.9 Å². The van der Waals surface area contributed by atoms with Crippen molar-refractivity contribution in [2.45, 2.75) is 58.1 Å². The zero-order chi connectivity index (χ0) is 18.3. The number of ether oxygens (including phenoxy) is 1. The number of fused-ring (bicyclic) bond motifs is 1. The molecule has 0 spiro atoms. The molecule has 2 aliphatic heterocycles. The predicted octanol–water partition coefficient (Wildman–Crippen LogP) is 5.17. The van der Waals surface area contributed by atoms with Gasteiger partial charge in [0.2, 0.25) is 0 Å². The number of nitrogens with zero attached hydrogens (tertiary/aromatic N) is 1. The number of nitrogens with two attached hydrogens (primary N) is 1. The highest BCUT2D eigenvalue weighted by Crippen LogP contribution is 2.45. The SMILES string of the molecule is Cc1ccc(C[C@@H]2CCCN(N)[C@@H]2c2ccccc2)c2c1C(C)C(C)O2.Cl. The number of halogens is 1. The van der Waals surface area contributed by atoms with Gasteiger partial charge in [-0.05, 0) is 55.7 Å². The van der Waals surface area contributed by atoms with Crippen LogP contribution in [0, 0.1) is 12.8 Å². The summed E-state index contributed by atoms with van der Waals surface area (Å²) in [4.78, 5) is 0. The van der Waals surface area contributed by atoms with E-state index in [4.69, 9.17) is 10.6 Å². The molecule has 2 aromatic carbocycles. The molecular formula is C23H31ClN2O. The molecular weight excluding hydrogens is 356 g/mol. The molecule has 3 nitrogen and oxygen atoms in total. The summed E-state index contributed by atoms with van der Waals surface area (Å²) in [5, 5.41) is 2.05. The van der Waals surface area contributed by atoms with E-state index in [-0.39, 0.29) is 24.6 Å². The summed E-state index contributed by atoms with van der Waals surface area (Å²) in [5.74, 6) is 8.56. The normalized spacial score (nSPS) is 27.6. The smallest absolute Gasteiger partial charge is 0.126 e. The zero-order valence-electron chi connectivity index (χ0n) is 16.5. The molecule has 0 bridgehead atoms. The summed E-state index contributed by atoms with van der Waals surface area (Å²) in [5.41, 5.74) is 5.44. The van der Waals surface area contributed by atoms with Gasteiger partial charge >= 0.3 is 0 Å². The maximum absolute atomic E-state index is 6.44. The van der Waals surface area contributed by atoms with Crippen molar-refractivity contribution in [3.8, 4) is 5.75 Å². The van der Waals surface area contributed by atoms with Gasteiger partial charge in [0.1, 0.15) is 11.9 Å². The second-order valence-electron chi connectivity index (χ2n) is 8.10. The van der Waals surface area contributed by atoms with Crippen LogP contribution >= 0.6 is 12.4 Å². The summed E-state index contributed by atoms with van der Waals surface area (Å²) in [6, 6.07) is 15.6. The van der Waals surface area contributed by atoms with Crippen LogP contribution in [-0.2, 0) is 6.42 Å². The Labute approximate surface area is 169 Å². The topological polar surface area (TPSA) is 38.5 Å². The minimum Gasteiger partial charge on any atom is -0.489 e. The van der Waals surface area contributed by atoms with E-state index in [0.29, 0.717) is 11.8 Å². The highest BCUT2D eigenvalue weighted by molar-refractivity contribution is 5.85. The molecule has 2 N–H and O–H groups in total. The monoisotopic (exact) mass is 386 g/mol. The van der Waals surface area contributed by atoms with Crippen molar-refractivity contribution in [3.63, 3.8) is 0 Å². The first-order valence-electron chi connectivity index (χ1n) is 9.91. The standard InChI is InChI=1S/C23H30N2O.ClH/c1-15-11-12-20(23-21(15)16(2)17(3)26-23)14-19-10-7-13-25(24)22(19)18-8-5-4-6-9-18;/h4-6,8-9,11-12,16-17,19,22H,7,10,13-14,24H2,1-3H3;1H/t16?,17?,19-,22+;/m0./s1. The van der Waals surface area contributed by atoms with Crippen LogP contribution in [0.5, 0.6) is 5.75 Å². The number of rotatable bonds is 3. The predicted molar refractivity (Wildman–Crippen MR) is 113 cm³/mol. The van der Waals surface area contributed by atoms with Crippen LogP contribution in [0.4, 0.5) is 0 Å². The first-order valence-corrected chi connectivity index (χ1v) is 9.91. The average Bonchev–Trinajstić information content (AvgIpc) is 2.94. The van der Waals surface area contributed by atoms with Gasteiger partial charge in [0.05, 0.1) is 6.04 Å². The van der Waals surface area contributed by atoms with Gasteiger partial charge in [-0.15, -0.1) is 12.4 Å². The maximum Gasteiger partial charge on any atom is 0.126 e. The molecule has 0 aromatic heterocycles. The first-order chi connectivity index (χ1) is 12.6. The number of hydrogen-bond donors (Lipinski definition) is 1. The van der Waals surface area contributed by atoms with Crippen molar-refractivity contribution >= 4 is 12.4 Å². The van der Waals surface area contributed by atoms with Crippen molar-refractivity contribution in [1.82, 2.24) is 5.01 Å². The van der Waals surface area contributed by atoms with Crippen LogP contribution in [0.25, 0.3) is 0 Å². The summed E-state index contributed by atoms with van der Waals surface area (Å²) in [6.45, 7) is 7.63. The van der Waals surface area contributed by atoms with Crippen LogP contribution in [0.2, 0.25) is 0 Å². The van der Waals surface area contributed by atoms with Gasteiger partial charge in [-0.2, -0.15) is 0 Å². The molecule has 0 saturated carbocycles. The van der Waals surface area contributed by atoms with Crippen LogP contribution in [-0.4, -0.2) is 17.7 Å². The largest absolute Gasteiger partial charge is 0.489 e. The molecule has 0 amide bonds. The summed E-state index contributed by atoms with van der Waals surface area (Å²) >= 11 is 0. The van der Waals surface area contributed by atoms with E-state index >= 15 is 0 Å². The van der Waals surface area contributed by atoms with Crippen molar-refractivity contribution in [2.75, 3.05) is 6.54 Å². The van der Waals surface area contributed by atoms with Crippen molar-refractivity contribution in [3.05, 3.63) is 64.7 Å². The van der Waals surface area contributed by atoms with Crippen molar-refractivity contribution in [2.24, 2.45) is 11.8 Å². The van der Waals surface area contributed by atoms with E-state index in [0.717, 1.165) is 25.1 Å². The van der Waals surface area contributed by atoms with Gasteiger partial charge in [0.15, 0.2) is 0 Å². The van der Waals surface area contributed by atoms with Gasteiger partial charge in [-0.3, -0.25) is 5.84 Å². The third-order valence-corrected chi connectivity index (χ3v) is 6.38. The lowest BCUT2D eigenvalue weighted by Gasteiger charge is -2.39. The van der Waals surface area contributed by atoms with Crippen LogP contribution < -0.4 is 10.6 Å². The van der Waals surface area contributed by atoms with E-state index in [1.54, 1.807) is 0 Å². The zero-order valence-corrected chi connectivity index (χ0v) is 17.3. The third kappa shape index (κ3) is 3.73. The van der Waals surface area contributed by atoms with Gasteiger partial charge < -0.3 is 4.74 Å². The lowest BCUT2D eigenvalue weighted by atomic mass is 9.80. The number of benzene rings is 2. The summed E-state index contributed by atoms with van der Waals surface area (Å²) in [6.07, 6.45) is 3.65. The fourth-order valence-electron chi connectivity index (χ4n) is 4.85. The summed E-state index contributed by atoms with van der Waals surface area (Å²) < 4.78 is 6.30. The Hall–Kier alpha value is -1.55. The molecule has 27 heavy (non-hydrogen) atoms. The van der Waals surface area contributed by atoms with Gasteiger partial charge in [0, 0.05) is 18.0 Å². The van der Waals surface area contributed by atoms with Gasteiger partial charge in [0.25, 0.3) is 0 Å². The minimum absolute atomic E-state index is 0. The number of hydrazine groups is 1. The van der Waals surface area contributed by atoms with E-state index in [2.05, 4.69) is 63.2 Å². The molecule has 1 fully saturated rings. The molecule has 2 aromatic rings. The van der Waals surface area contributed by atoms with Crippen molar-refractivity contribution in [1.29, 1.82) is 0 Å². The lowest BCUT2D eigenvalue weighted by molar-refractivity contribution is 0.0920. The molecule has 2 heterocycles. The Morgan fingerprint density at radius 3 is 2.59 bits per heavy atom. The summed E-state index contributed by atoms with van der Waals surface area (Å²) in [7, 11) is 0. The fourth-order valence-corrected chi connectivity index (χ4v) is 4.85. The van der Waals surface area contributed by atoms with E-state index < -0.39 is 0 Å². The van der Waals surface area contributed by atoms with Crippen LogP contribution in [0.3, 0.4) is 0 Å². The number of aryl methyl sites for hydroxylation is 1. The second kappa shape index (κ2) is 8.22. The van der Waals surface area contributed by atoms with E-state index in [1.807, 2.05) is 5.01 Å². The minimum atomic E-state index is 0. The Bertz CT molecular complexity index is 779. The Morgan fingerprint density at radius 1 is 1.11 bits per heavy atom. The van der Waals surface area contributed by atoms with Crippen molar-refractivity contribution < 1.29 is 4.74 Å². The molecule has 4 atom stereocenters. The van der Waals surface area contributed by atoms with Gasteiger partial charge in [-0.25, -0.2) is 5.01 Å². The fraction of sp³-hybridized carbons (Fsp3) is 0.478. The van der Waals surface area contributed by atoms with Crippen LogP contribution in [0.15, 0.2) is 42.5 Å². The van der Waals surface area contributed by atoms with E-state index in [1.165, 1.54) is 28.7 Å². The molecule has 4 heteroatoms. The molecule has 0 aliphatic carbocycles. The highest BCUT2D eigenvalue weighted by Gasteiger charge is 2.35. The Morgan fingerprint density at radius 2 is 1.85 bits per heavy atom. The molecule has 2 aliphatic rings. The van der Waals surface area contributed by atoms with Gasteiger partial charge in [-0.1, -0.05) is 49.4 Å². The highest BCUT2D eigenvalue weighted by atomic mass is 35.5. The number of piperidine rings is 1. The Balaban J connectivity index is 0.00000210. The molecule has 1 saturated heterocycles. The second-order valence-corrected chi connectivity index (χ2v) is 8.10. The lowest BCUT2D eigenvalue weighted by Crippen LogP contribution is -2.44. The van der Waals surface area contributed by atoms with E-state index in [9.17, 15) is 0 Å². The molecule has 4 rings (SSSR count). The first kappa shape index (κ1) is 20.2. The maximum atomic E-state index is 6.44. The average molecular weight is 387 g/mol. The number of hydrogen-bond acceptors (Lipinski definition) is 3. The molecule has 0 radical (unpaired) electrons. The molecule has 146 valence electrons. The quantitative estimate of drug-likeness (QED) is 0.739. The third-order valence-electron chi connectivity index (χ3n) is 6.38.